The molecule has 2 atom stereocenters. The first-order chi connectivity index (χ1) is 10.2. The summed E-state index contributed by atoms with van der Waals surface area (Å²) in [5.41, 5.74) is 2.34. The van der Waals surface area contributed by atoms with Gasteiger partial charge in [0.15, 0.2) is 0 Å². The van der Waals surface area contributed by atoms with Crippen LogP contribution in [-0.4, -0.2) is 44.8 Å². The molecule has 0 aliphatic carbocycles. The van der Waals surface area contributed by atoms with E-state index in [1.807, 2.05) is 32.5 Å². The van der Waals surface area contributed by atoms with Crippen molar-refractivity contribution in [3.05, 3.63) is 17.0 Å². The number of amides is 1. The van der Waals surface area contributed by atoms with E-state index in [1.54, 1.807) is 11.8 Å². The van der Waals surface area contributed by atoms with E-state index in [1.165, 1.54) is 0 Å². The minimum atomic E-state index is -0.825. The summed E-state index contributed by atoms with van der Waals surface area (Å²) in [5, 5.41) is 13.7. The van der Waals surface area contributed by atoms with Gasteiger partial charge in [-0.05, 0) is 39.2 Å². The van der Waals surface area contributed by atoms with E-state index < -0.39 is 11.4 Å². The van der Waals surface area contributed by atoms with Gasteiger partial charge in [0, 0.05) is 31.7 Å². The van der Waals surface area contributed by atoms with Crippen LogP contribution in [-0.2, 0) is 23.1 Å². The molecular weight excluding hydrogens is 282 g/mol. The molecule has 1 saturated heterocycles. The lowest BCUT2D eigenvalue weighted by Gasteiger charge is -2.23. The van der Waals surface area contributed by atoms with Crippen LogP contribution in [0.1, 0.15) is 37.2 Å². The predicted molar refractivity (Wildman–Crippen MR) is 82.5 cm³/mol. The summed E-state index contributed by atoms with van der Waals surface area (Å²) in [4.78, 5) is 25.6. The zero-order valence-electron chi connectivity index (χ0n) is 14.0. The Kier molecular flexibility index (Phi) is 4.31. The number of hydrogen-bond acceptors (Lipinski definition) is 3. The third-order valence-corrected chi connectivity index (χ3v) is 4.89. The molecule has 0 saturated carbocycles. The highest BCUT2D eigenvalue weighted by atomic mass is 16.4. The Hall–Kier alpha value is -1.85. The van der Waals surface area contributed by atoms with Gasteiger partial charge in [-0.25, -0.2) is 0 Å². The van der Waals surface area contributed by atoms with Crippen LogP contribution in [0.15, 0.2) is 0 Å². The first kappa shape index (κ1) is 16.5. The second kappa shape index (κ2) is 5.74. The Labute approximate surface area is 131 Å². The van der Waals surface area contributed by atoms with Gasteiger partial charge in [0.2, 0.25) is 5.91 Å². The van der Waals surface area contributed by atoms with Crippen LogP contribution >= 0.6 is 0 Å². The first-order valence-corrected chi connectivity index (χ1v) is 7.67. The summed E-state index contributed by atoms with van der Waals surface area (Å²) in [6, 6.07) is 0. The van der Waals surface area contributed by atoms with Crippen molar-refractivity contribution in [1.29, 1.82) is 0 Å². The molecule has 1 amide bonds. The van der Waals surface area contributed by atoms with E-state index in [4.69, 9.17) is 0 Å². The molecule has 0 aromatic carbocycles. The van der Waals surface area contributed by atoms with Crippen molar-refractivity contribution in [3.63, 3.8) is 0 Å². The number of carbonyl (C=O) groups excluding carboxylic acids is 1. The Morgan fingerprint density at radius 1 is 1.41 bits per heavy atom. The van der Waals surface area contributed by atoms with Crippen LogP contribution in [0, 0.1) is 25.2 Å². The maximum atomic E-state index is 12.6. The van der Waals surface area contributed by atoms with Crippen LogP contribution in [0.4, 0.5) is 0 Å². The first-order valence-electron chi connectivity index (χ1n) is 7.67. The SMILES string of the molecule is Cc1nn(C)c(C)c1C[C@@H](C)C(=O)N1CC[C@](C)(C(=O)O)C1. The normalized spacial score (nSPS) is 22.9. The Morgan fingerprint density at radius 3 is 2.50 bits per heavy atom. The van der Waals surface area contributed by atoms with Crippen LogP contribution in [0.2, 0.25) is 0 Å². The maximum Gasteiger partial charge on any atom is 0.311 e. The highest BCUT2D eigenvalue weighted by Crippen LogP contribution is 2.31. The number of hydrogen-bond donors (Lipinski definition) is 1. The van der Waals surface area contributed by atoms with Gasteiger partial charge < -0.3 is 10.0 Å². The van der Waals surface area contributed by atoms with E-state index in [-0.39, 0.29) is 11.8 Å². The number of nitrogens with zero attached hydrogens (tertiary/aromatic N) is 3. The fourth-order valence-electron chi connectivity index (χ4n) is 3.14. The van der Waals surface area contributed by atoms with Crippen LogP contribution < -0.4 is 0 Å². The lowest BCUT2D eigenvalue weighted by molar-refractivity contribution is -0.147. The van der Waals surface area contributed by atoms with Gasteiger partial charge in [-0.15, -0.1) is 0 Å². The van der Waals surface area contributed by atoms with E-state index in [2.05, 4.69) is 5.10 Å². The van der Waals surface area contributed by atoms with Gasteiger partial charge in [0.05, 0.1) is 11.1 Å². The van der Waals surface area contributed by atoms with Gasteiger partial charge in [-0.3, -0.25) is 14.3 Å². The predicted octanol–water partition coefficient (Wildman–Crippen LogP) is 1.54. The minimum Gasteiger partial charge on any atom is -0.481 e. The van der Waals surface area contributed by atoms with Crippen molar-refractivity contribution >= 4 is 11.9 Å². The Balaban J connectivity index is 2.06. The summed E-state index contributed by atoms with van der Waals surface area (Å²) < 4.78 is 1.83. The smallest absolute Gasteiger partial charge is 0.311 e. The molecule has 1 aliphatic rings. The van der Waals surface area contributed by atoms with Gasteiger partial charge in [-0.2, -0.15) is 5.10 Å². The topological polar surface area (TPSA) is 75.4 Å². The molecule has 1 aliphatic heterocycles. The van der Waals surface area contributed by atoms with Gasteiger partial charge in [0.25, 0.3) is 0 Å². The standard InChI is InChI=1S/C16H25N3O3/c1-10(8-13-11(2)17-18(5)12(13)3)14(20)19-7-6-16(4,9-19)15(21)22/h10H,6-9H2,1-5H3,(H,21,22)/t10-,16+/m1/s1. The Bertz CT molecular complexity index is 608. The van der Waals surface area contributed by atoms with Crippen molar-refractivity contribution in [2.75, 3.05) is 13.1 Å². The number of rotatable bonds is 4. The zero-order valence-corrected chi connectivity index (χ0v) is 14.0. The number of aliphatic carboxylic acids is 1. The van der Waals surface area contributed by atoms with E-state index >= 15 is 0 Å². The molecule has 6 heteroatoms. The molecule has 1 aromatic heterocycles. The monoisotopic (exact) mass is 307 g/mol. The highest BCUT2D eigenvalue weighted by Gasteiger charge is 2.42. The third kappa shape index (κ3) is 2.87. The second-order valence-electron chi connectivity index (χ2n) is 6.75. The number of aromatic nitrogens is 2. The number of aryl methyl sites for hydroxylation is 2. The lowest BCUT2D eigenvalue weighted by Crippen LogP contribution is -2.38. The second-order valence-corrected chi connectivity index (χ2v) is 6.75. The number of carboxylic acid groups (broad SMARTS) is 1. The van der Waals surface area contributed by atoms with Crippen LogP contribution in [0.5, 0.6) is 0 Å². The number of carbonyl (C=O) groups is 2. The quantitative estimate of drug-likeness (QED) is 0.915. The molecule has 122 valence electrons. The lowest BCUT2D eigenvalue weighted by atomic mass is 9.90. The van der Waals surface area contributed by atoms with Crippen molar-refractivity contribution in [2.45, 2.75) is 40.5 Å². The minimum absolute atomic E-state index is 0.0348. The molecule has 1 fully saturated rings. The molecule has 1 N–H and O–H groups in total. The molecule has 0 spiro atoms. The number of likely N-dealkylation sites (tertiary alicyclic amines) is 1. The van der Waals surface area contributed by atoms with Crippen LogP contribution in [0.25, 0.3) is 0 Å². The molecule has 0 unspecified atom stereocenters. The van der Waals surface area contributed by atoms with Crippen molar-refractivity contribution in [2.24, 2.45) is 18.4 Å². The fraction of sp³-hybridized carbons (Fsp3) is 0.688. The molecule has 6 nitrogen and oxygen atoms in total. The molecule has 0 radical (unpaired) electrons. The summed E-state index contributed by atoms with van der Waals surface area (Å²) in [5.74, 6) is -0.959. The maximum absolute atomic E-state index is 12.6. The average Bonchev–Trinajstić information content (AvgIpc) is 2.95. The van der Waals surface area contributed by atoms with Gasteiger partial charge in [-0.1, -0.05) is 6.92 Å². The van der Waals surface area contributed by atoms with Gasteiger partial charge >= 0.3 is 5.97 Å². The fourth-order valence-corrected chi connectivity index (χ4v) is 3.14. The van der Waals surface area contributed by atoms with E-state index in [9.17, 15) is 14.7 Å². The molecule has 22 heavy (non-hydrogen) atoms. The van der Waals surface area contributed by atoms with Crippen molar-refractivity contribution in [1.82, 2.24) is 14.7 Å². The number of carboxylic acids is 1. The van der Waals surface area contributed by atoms with Crippen molar-refractivity contribution in [3.8, 4) is 0 Å². The zero-order chi connectivity index (χ0) is 16.7. The third-order valence-electron chi connectivity index (χ3n) is 4.89. The van der Waals surface area contributed by atoms with E-state index in [0.29, 0.717) is 25.9 Å². The summed E-state index contributed by atoms with van der Waals surface area (Å²) in [6.45, 7) is 8.40. The summed E-state index contributed by atoms with van der Waals surface area (Å²) in [6.07, 6.45) is 1.16. The molecular formula is C16H25N3O3. The summed E-state index contributed by atoms with van der Waals surface area (Å²) >= 11 is 0. The molecule has 2 rings (SSSR count). The molecule has 1 aromatic rings. The molecule has 0 bridgehead atoms. The van der Waals surface area contributed by atoms with E-state index in [0.717, 1.165) is 17.0 Å². The van der Waals surface area contributed by atoms with Crippen molar-refractivity contribution < 1.29 is 14.7 Å². The highest BCUT2D eigenvalue weighted by molar-refractivity contribution is 5.82. The molecule has 2 heterocycles. The largest absolute Gasteiger partial charge is 0.481 e. The van der Waals surface area contributed by atoms with Gasteiger partial charge in [0.1, 0.15) is 0 Å². The average molecular weight is 307 g/mol. The summed E-state index contributed by atoms with van der Waals surface area (Å²) in [7, 11) is 1.90. The Morgan fingerprint density at radius 2 is 2.05 bits per heavy atom. The van der Waals surface area contributed by atoms with Crippen LogP contribution in [0.3, 0.4) is 0 Å².